The first-order valence-electron chi connectivity index (χ1n) is 6.80. The van der Waals surface area contributed by atoms with Crippen LogP contribution in [0, 0.1) is 0 Å². The second-order valence-electron chi connectivity index (χ2n) is 4.59. The number of rotatable bonds is 10. The van der Waals surface area contributed by atoms with E-state index in [1.165, 1.54) is 0 Å². The summed E-state index contributed by atoms with van der Waals surface area (Å²) in [4.78, 5) is 23.1. The molecular formula is C13H27N3O3. The maximum atomic E-state index is 11.7. The van der Waals surface area contributed by atoms with Gasteiger partial charge in [-0.05, 0) is 20.3 Å². The van der Waals surface area contributed by atoms with Gasteiger partial charge in [0.2, 0.25) is 11.8 Å². The molecule has 0 saturated heterocycles. The normalized spacial score (nSPS) is 13.7. The molecule has 0 spiro atoms. The predicted molar refractivity (Wildman–Crippen MR) is 74.9 cm³/mol. The van der Waals surface area contributed by atoms with Gasteiger partial charge in [0.15, 0.2) is 0 Å². The molecular weight excluding hydrogens is 246 g/mol. The van der Waals surface area contributed by atoms with E-state index in [2.05, 4.69) is 16.0 Å². The molecule has 0 aliphatic heterocycles. The van der Waals surface area contributed by atoms with E-state index < -0.39 is 0 Å². The second-order valence-corrected chi connectivity index (χ2v) is 4.59. The van der Waals surface area contributed by atoms with Crippen molar-refractivity contribution in [3.05, 3.63) is 0 Å². The highest BCUT2D eigenvalue weighted by Crippen LogP contribution is 1.91. The highest BCUT2D eigenvalue weighted by molar-refractivity contribution is 5.81. The Morgan fingerprint density at radius 2 is 1.89 bits per heavy atom. The molecule has 112 valence electrons. The molecule has 0 aromatic carbocycles. The lowest BCUT2D eigenvalue weighted by atomic mass is 10.2. The van der Waals surface area contributed by atoms with E-state index in [9.17, 15) is 9.59 Å². The number of ether oxygens (including phenoxy) is 1. The van der Waals surface area contributed by atoms with Gasteiger partial charge in [0.1, 0.15) is 0 Å². The fourth-order valence-electron chi connectivity index (χ4n) is 1.35. The standard InChI is InChI=1S/C13H27N3O3/c1-5-10(2)16-13(18)11(3)14-7-6-12(17)15-8-9-19-4/h10-11,14H,5-9H2,1-4H3,(H,15,17)(H,16,18). The highest BCUT2D eigenvalue weighted by Gasteiger charge is 2.13. The van der Waals surface area contributed by atoms with Crippen LogP contribution < -0.4 is 16.0 Å². The average molecular weight is 273 g/mol. The van der Waals surface area contributed by atoms with Crippen molar-refractivity contribution in [2.24, 2.45) is 0 Å². The lowest BCUT2D eigenvalue weighted by Gasteiger charge is -2.17. The molecule has 0 bridgehead atoms. The molecule has 19 heavy (non-hydrogen) atoms. The quantitative estimate of drug-likeness (QED) is 0.491. The summed E-state index contributed by atoms with van der Waals surface area (Å²) in [5.74, 6) is -0.0757. The summed E-state index contributed by atoms with van der Waals surface area (Å²) in [7, 11) is 1.59. The van der Waals surface area contributed by atoms with Crippen LogP contribution in [0.4, 0.5) is 0 Å². The first-order chi connectivity index (χ1) is 9.01. The van der Waals surface area contributed by atoms with Crippen molar-refractivity contribution >= 4 is 11.8 Å². The van der Waals surface area contributed by atoms with E-state index in [4.69, 9.17) is 4.74 Å². The van der Waals surface area contributed by atoms with Crippen molar-refractivity contribution in [3.8, 4) is 0 Å². The van der Waals surface area contributed by atoms with Gasteiger partial charge < -0.3 is 20.7 Å². The van der Waals surface area contributed by atoms with Gasteiger partial charge in [-0.3, -0.25) is 9.59 Å². The number of hydrogen-bond donors (Lipinski definition) is 3. The van der Waals surface area contributed by atoms with Crippen LogP contribution in [0.25, 0.3) is 0 Å². The van der Waals surface area contributed by atoms with Crippen molar-refractivity contribution in [1.82, 2.24) is 16.0 Å². The zero-order chi connectivity index (χ0) is 14.7. The number of amides is 2. The van der Waals surface area contributed by atoms with Crippen LogP contribution in [0.5, 0.6) is 0 Å². The highest BCUT2D eigenvalue weighted by atomic mass is 16.5. The Morgan fingerprint density at radius 3 is 2.47 bits per heavy atom. The van der Waals surface area contributed by atoms with Crippen molar-refractivity contribution < 1.29 is 14.3 Å². The Hall–Kier alpha value is -1.14. The van der Waals surface area contributed by atoms with Gasteiger partial charge in [-0.15, -0.1) is 0 Å². The fraction of sp³-hybridized carbons (Fsp3) is 0.846. The zero-order valence-corrected chi connectivity index (χ0v) is 12.4. The molecule has 0 heterocycles. The van der Waals surface area contributed by atoms with Crippen LogP contribution >= 0.6 is 0 Å². The Balaban J connectivity index is 3.69. The van der Waals surface area contributed by atoms with Crippen molar-refractivity contribution in [1.29, 1.82) is 0 Å². The summed E-state index contributed by atoms with van der Waals surface area (Å²) >= 11 is 0. The molecule has 0 rings (SSSR count). The maximum Gasteiger partial charge on any atom is 0.237 e. The molecule has 0 aromatic rings. The summed E-state index contributed by atoms with van der Waals surface area (Å²) in [6, 6.07) is -0.116. The summed E-state index contributed by atoms with van der Waals surface area (Å²) in [6.07, 6.45) is 1.25. The smallest absolute Gasteiger partial charge is 0.237 e. The third-order valence-corrected chi connectivity index (χ3v) is 2.83. The Bertz CT molecular complexity index is 272. The lowest BCUT2D eigenvalue weighted by Crippen LogP contribution is -2.46. The molecule has 6 nitrogen and oxygen atoms in total. The van der Waals surface area contributed by atoms with Crippen LogP contribution in [0.3, 0.4) is 0 Å². The van der Waals surface area contributed by atoms with E-state index in [0.29, 0.717) is 26.1 Å². The molecule has 0 fully saturated rings. The van der Waals surface area contributed by atoms with Crippen molar-refractivity contribution in [3.63, 3.8) is 0 Å². The average Bonchev–Trinajstić information content (AvgIpc) is 2.38. The minimum Gasteiger partial charge on any atom is -0.383 e. The summed E-state index contributed by atoms with van der Waals surface area (Å²) in [6.45, 7) is 7.28. The monoisotopic (exact) mass is 273 g/mol. The van der Waals surface area contributed by atoms with Crippen molar-refractivity contribution in [2.75, 3.05) is 26.8 Å². The number of nitrogens with one attached hydrogen (secondary N) is 3. The molecule has 2 unspecified atom stereocenters. The van der Waals surface area contributed by atoms with Crippen LogP contribution in [-0.4, -0.2) is 50.7 Å². The van der Waals surface area contributed by atoms with E-state index in [1.807, 2.05) is 13.8 Å². The van der Waals surface area contributed by atoms with E-state index in [-0.39, 0.29) is 23.9 Å². The summed E-state index contributed by atoms with van der Waals surface area (Å²) < 4.78 is 4.83. The minimum absolute atomic E-state index is 0.0332. The van der Waals surface area contributed by atoms with E-state index in [0.717, 1.165) is 6.42 Å². The molecule has 2 amide bonds. The number of carbonyl (C=O) groups excluding carboxylic acids is 2. The van der Waals surface area contributed by atoms with Gasteiger partial charge in [0, 0.05) is 32.7 Å². The molecule has 0 aromatic heterocycles. The largest absolute Gasteiger partial charge is 0.383 e. The van der Waals surface area contributed by atoms with Crippen LogP contribution in [0.15, 0.2) is 0 Å². The third kappa shape index (κ3) is 9.44. The first kappa shape index (κ1) is 17.9. The van der Waals surface area contributed by atoms with Gasteiger partial charge in [-0.1, -0.05) is 6.92 Å². The number of methoxy groups -OCH3 is 1. The van der Waals surface area contributed by atoms with E-state index in [1.54, 1.807) is 14.0 Å². The predicted octanol–water partition coefficient (Wildman–Crippen LogP) is 0.0319. The molecule has 0 aliphatic carbocycles. The van der Waals surface area contributed by atoms with Gasteiger partial charge in [-0.25, -0.2) is 0 Å². The van der Waals surface area contributed by atoms with E-state index >= 15 is 0 Å². The zero-order valence-electron chi connectivity index (χ0n) is 12.4. The van der Waals surface area contributed by atoms with Gasteiger partial charge >= 0.3 is 0 Å². The topological polar surface area (TPSA) is 79.5 Å². The first-order valence-corrected chi connectivity index (χ1v) is 6.80. The molecule has 2 atom stereocenters. The molecule has 6 heteroatoms. The number of carbonyl (C=O) groups is 2. The second kappa shape index (κ2) is 10.8. The Labute approximate surface area is 115 Å². The summed E-state index contributed by atoms with van der Waals surface area (Å²) in [5, 5.41) is 8.64. The minimum atomic E-state index is -0.291. The Morgan fingerprint density at radius 1 is 1.21 bits per heavy atom. The fourth-order valence-corrected chi connectivity index (χ4v) is 1.35. The van der Waals surface area contributed by atoms with Crippen LogP contribution in [0.2, 0.25) is 0 Å². The van der Waals surface area contributed by atoms with Crippen molar-refractivity contribution in [2.45, 2.75) is 45.7 Å². The maximum absolute atomic E-state index is 11.7. The van der Waals surface area contributed by atoms with Crippen LogP contribution in [0.1, 0.15) is 33.6 Å². The van der Waals surface area contributed by atoms with Crippen LogP contribution in [-0.2, 0) is 14.3 Å². The Kier molecular flexibility index (Phi) is 10.1. The number of hydrogen-bond acceptors (Lipinski definition) is 4. The summed E-state index contributed by atoms with van der Waals surface area (Å²) in [5.41, 5.74) is 0. The SMILES string of the molecule is CCC(C)NC(=O)C(C)NCCC(=O)NCCOC. The molecule has 3 N–H and O–H groups in total. The molecule has 0 saturated carbocycles. The molecule has 0 radical (unpaired) electrons. The van der Waals surface area contributed by atoms with Gasteiger partial charge in [0.05, 0.1) is 12.6 Å². The molecule has 0 aliphatic rings. The lowest BCUT2D eigenvalue weighted by molar-refractivity contribution is -0.124. The van der Waals surface area contributed by atoms with Gasteiger partial charge in [-0.2, -0.15) is 0 Å². The van der Waals surface area contributed by atoms with Gasteiger partial charge in [0.25, 0.3) is 0 Å². The third-order valence-electron chi connectivity index (χ3n) is 2.83.